The van der Waals surface area contributed by atoms with Crippen molar-refractivity contribution in [1.29, 1.82) is 0 Å². The van der Waals surface area contributed by atoms with E-state index in [1.165, 1.54) is 10.9 Å². The van der Waals surface area contributed by atoms with Crippen molar-refractivity contribution in [1.82, 2.24) is 24.8 Å². The average molecular weight is 476 g/mol. The number of hydrogen-bond acceptors (Lipinski definition) is 12. The number of nitrogen functional groups attached to an aromatic ring is 1. The van der Waals surface area contributed by atoms with Crippen LogP contribution in [0.5, 0.6) is 0 Å². The van der Waals surface area contributed by atoms with Gasteiger partial charge in [0.1, 0.15) is 29.7 Å². The summed E-state index contributed by atoms with van der Waals surface area (Å²) in [6.07, 6.45) is -3.30. The quantitative estimate of drug-likeness (QED) is 0.121. The minimum Gasteiger partial charge on any atom is -0.387 e. The number of aliphatic hydroxyl groups excluding tert-OH is 2. The Labute approximate surface area is 190 Å². The number of rotatable bonds is 9. The number of nitrogens with zero attached hydrogens (tertiary/aromatic N) is 3. The van der Waals surface area contributed by atoms with Gasteiger partial charge < -0.3 is 36.6 Å². The molecule has 4 atom stereocenters. The number of nitrogens with one attached hydrogen (secondary N) is 4. The summed E-state index contributed by atoms with van der Waals surface area (Å²) >= 11 is 0. The van der Waals surface area contributed by atoms with E-state index in [0.717, 1.165) is 0 Å². The number of H-pyrrole nitrogens is 1. The summed E-state index contributed by atoms with van der Waals surface area (Å²) in [6.45, 7) is 2.11. The van der Waals surface area contributed by atoms with Gasteiger partial charge in [0, 0.05) is 26.1 Å². The summed E-state index contributed by atoms with van der Waals surface area (Å²) in [6, 6.07) is 0. The first-order valence-electron chi connectivity index (χ1n) is 10.5. The van der Waals surface area contributed by atoms with E-state index < -0.39 is 41.0 Å². The third-order valence-corrected chi connectivity index (χ3v) is 5.52. The fourth-order valence-corrected chi connectivity index (χ4v) is 3.70. The number of aliphatic hydroxyl groups is 2. The average Bonchev–Trinajstić information content (AvgIpc) is 3.35. The van der Waals surface area contributed by atoms with Crippen LogP contribution >= 0.6 is 0 Å². The van der Waals surface area contributed by atoms with Crippen LogP contribution in [0.25, 0.3) is 11.2 Å². The van der Waals surface area contributed by atoms with Crippen LogP contribution in [-0.2, 0) is 9.53 Å². The summed E-state index contributed by atoms with van der Waals surface area (Å²) in [5, 5.41) is 29.2. The number of imidazole rings is 1. The lowest BCUT2D eigenvalue weighted by Crippen LogP contribution is -2.41. The first-order valence-corrected chi connectivity index (χ1v) is 10.5. The summed E-state index contributed by atoms with van der Waals surface area (Å²) in [5.41, 5.74) is 3.72. The van der Waals surface area contributed by atoms with Gasteiger partial charge in [-0.2, -0.15) is 4.98 Å². The number of carbonyl (C=O) groups is 1. The number of anilines is 3. The predicted molar refractivity (Wildman–Crippen MR) is 120 cm³/mol. The molecule has 15 nitrogen and oxygen atoms in total. The minimum atomic E-state index is -1.40. The molecular weight excluding hydrogens is 452 g/mol. The van der Waals surface area contributed by atoms with Crippen LogP contribution in [0.2, 0.25) is 0 Å². The van der Waals surface area contributed by atoms with Crippen molar-refractivity contribution in [3.8, 4) is 0 Å². The third-order valence-electron chi connectivity index (χ3n) is 5.52. The highest BCUT2D eigenvalue weighted by Crippen LogP contribution is 2.31. The molecule has 0 bridgehead atoms. The molecule has 0 radical (unpaired) electrons. The molecular formula is C19H24N8O7. The monoisotopic (exact) mass is 476 g/mol. The Morgan fingerprint density at radius 1 is 1.18 bits per heavy atom. The second kappa shape index (κ2) is 9.20. The van der Waals surface area contributed by atoms with Crippen LogP contribution in [0.15, 0.2) is 20.7 Å². The number of aromatic nitrogens is 4. The van der Waals surface area contributed by atoms with Gasteiger partial charge >= 0.3 is 0 Å². The Morgan fingerprint density at radius 3 is 2.59 bits per heavy atom. The maximum atomic E-state index is 12.0. The molecule has 3 aromatic rings. The number of aromatic amines is 1. The molecule has 4 rings (SSSR count). The van der Waals surface area contributed by atoms with Gasteiger partial charge in [0.05, 0.1) is 6.33 Å². The largest absolute Gasteiger partial charge is 0.387 e. The third kappa shape index (κ3) is 4.11. The van der Waals surface area contributed by atoms with Crippen LogP contribution in [0.3, 0.4) is 0 Å². The molecule has 34 heavy (non-hydrogen) atoms. The summed E-state index contributed by atoms with van der Waals surface area (Å²) in [5.74, 6) is -0.293. The van der Waals surface area contributed by atoms with Gasteiger partial charge in [-0.3, -0.25) is 28.7 Å². The second-order valence-corrected chi connectivity index (χ2v) is 7.74. The number of nitrogens with two attached hydrogens (primary N) is 1. The number of fused-ring (bicyclic) bond motifs is 1. The number of hydrogen-bond donors (Lipinski definition) is 7. The zero-order valence-electron chi connectivity index (χ0n) is 18.1. The van der Waals surface area contributed by atoms with Crippen LogP contribution < -0.4 is 38.1 Å². The molecule has 1 saturated heterocycles. The molecule has 1 aromatic carbocycles. The van der Waals surface area contributed by atoms with Crippen molar-refractivity contribution in [3.63, 3.8) is 0 Å². The summed E-state index contributed by atoms with van der Waals surface area (Å²) in [7, 11) is 0. The van der Waals surface area contributed by atoms with Crippen molar-refractivity contribution < 1.29 is 19.7 Å². The van der Waals surface area contributed by atoms with E-state index in [9.17, 15) is 29.4 Å². The van der Waals surface area contributed by atoms with Gasteiger partial charge in [0.2, 0.25) is 11.9 Å². The Balaban J connectivity index is 1.42. The van der Waals surface area contributed by atoms with E-state index in [1.807, 2.05) is 0 Å². The lowest BCUT2D eigenvalue weighted by atomic mass is 10.1. The van der Waals surface area contributed by atoms with Crippen molar-refractivity contribution in [3.05, 3.63) is 37.1 Å². The Kier molecular flexibility index (Phi) is 6.32. The van der Waals surface area contributed by atoms with Crippen molar-refractivity contribution in [2.45, 2.75) is 37.9 Å². The molecule has 182 valence electrons. The Hall–Kier alpha value is -3.82. The molecule has 15 heteroatoms. The number of ether oxygens (including phenoxy) is 1. The molecule has 0 aliphatic carbocycles. The van der Waals surface area contributed by atoms with Gasteiger partial charge in [-0.1, -0.05) is 6.92 Å². The van der Waals surface area contributed by atoms with E-state index in [4.69, 9.17) is 10.5 Å². The van der Waals surface area contributed by atoms with E-state index in [1.54, 1.807) is 6.92 Å². The SMILES string of the molecule is CCC(=O)NCCNc1c(NC[C@H]2O[C@@H](n3cnc4c(=O)[nH]c(N)nc43)[C@H](O)[C@@H]2O)c(=O)c1=O. The molecule has 0 unspecified atom stereocenters. The molecule has 0 spiro atoms. The zero-order valence-corrected chi connectivity index (χ0v) is 18.1. The fourth-order valence-electron chi connectivity index (χ4n) is 3.70. The Bertz CT molecular complexity index is 1340. The van der Waals surface area contributed by atoms with Crippen LogP contribution in [0, 0.1) is 0 Å². The minimum absolute atomic E-state index is 0.0179. The molecule has 0 saturated carbocycles. The van der Waals surface area contributed by atoms with Gasteiger partial charge in [-0.15, -0.1) is 0 Å². The first kappa shape index (κ1) is 23.3. The summed E-state index contributed by atoms with van der Waals surface area (Å²) in [4.78, 5) is 57.4. The molecule has 3 heterocycles. The first-order chi connectivity index (χ1) is 16.2. The molecule has 8 N–H and O–H groups in total. The molecule has 2 aromatic heterocycles. The van der Waals surface area contributed by atoms with E-state index in [0.29, 0.717) is 6.42 Å². The van der Waals surface area contributed by atoms with E-state index >= 15 is 0 Å². The van der Waals surface area contributed by atoms with Gasteiger partial charge in [0.25, 0.3) is 16.4 Å². The second-order valence-electron chi connectivity index (χ2n) is 7.74. The summed E-state index contributed by atoms with van der Waals surface area (Å²) < 4.78 is 7.03. The molecule has 1 aliphatic heterocycles. The maximum absolute atomic E-state index is 12.0. The van der Waals surface area contributed by atoms with Crippen LogP contribution in [-0.4, -0.2) is 73.6 Å². The highest BCUT2D eigenvalue weighted by Gasteiger charge is 2.44. The molecule has 1 amide bonds. The standard InChI is InChI=1S/C19H24N8O7/c1-2-8(28)21-3-4-22-9-10(14(31)13(9)30)23-5-7-12(29)15(32)18(34-7)27-6-24-11-16(27)25-19(20)26-17(11)33/h6-7,12,15,18,22-23,29,32H,2-5H2,1H3,(H,21,28)(H3,20,25,26,33)/t7-,12-,15-,18-/m1/s1. The molecule has 1 fully saturated rings. The number of carbonyl (C=O) groups excluding carboxylic acids is 1. The van der Waals surface area contributed by atoms with E-state index in [-0.39, 0.29) is 54.0 Å². The fraction of sp³-hybridized carbons (Fsp3) is 0.474. The zero-order chi connectivity index (χ0) is 24.6. The van der Waals surface area contributed by atoms with Gasteiger partial charge in [0.15, 0.2) is 17.4 Å². The normalized spacial score (nSPS) is 22.3. The van der Waals surface area contributed by atoms with Crippen molar-refractivity contribution >= 4 is 34.4 Å². The van der Waals surface area contributed by atoms with Crippen molar-refractivity contribution in [2.75, 3.05) is 36.0 Å². The smallest absolute Gasteiger partial charge is 0.280 e. The Morgan fingerprint density at radius 2 is 1.88 bits per heavy atom. The molecule has 1 aliphatic rings. The highest BCUT2D eigenvalue weighted by molar-refractivity contribution is 5.76. The van der Waals surface area contributed by atoms with Crippen LogP contribution in [0.1, 0.15) is 19.6 Å². The van der Waals surface area contributed by atoms with Crippen LogP contribution in [0.4, 0.5) is 17.3 Å². The maximum Gasteiger partial charge on any atom is 0.280 e. The topological polar surface area (TPSA) is 227 Å². The van der Waals surface area contributed by atoms with E-state index in [2.05, 4.69) is 30.9 Å². The lowest BCUT2D eigenvalue weighted by molar-refractivity contribution is -0.120. The lowest BCUT2D eigenvalue weighted by Gasteiger charge is -2.19. The number of amides is 1. The van der Waals surface area contributed by atoms with Gasteiger partial charge in [-0.25, -0.2) is 4.98 Å². The predicted octanol–water partition coefficient (Wildman–Crippen LogP) is -3.03. The van der Waals surface area contributed by atoms with Gasteiger partial charge in [-0.05, 0) is 0 Å². The highest BCUT2D eigenvalue weighted by atomic mass is 16.6. The van der Waals surface area contributed by atoms with Crippen molar-refractivity contribution in [2.24, 2.45) is 0 Å².